The number of nitroso groups, excluding NO2 is 1. The minimum Gasteiger partial charge on any atom is -0.480 e. The van der Waals surface area contributed by atoms with E-state index in [4.69, 9.17) is 10.2 Å². The van der Waals surface area contributed by atoms with E-state index in [1.165, 1.54) is 24.3 Å². The predicted molar refractivity (Wildman–Crippen MR) is 54.2 cm³/mol. The van der Waals surface area contributed by atoms with Crippen molar-refractivity contribution in [1.82, 2.24) is 0 Å². The molecule has 0 atom stereocenters. The van der Waals surface area contributed by atoms with Crippen LogP contribution in [0.1, 0.15) is 10.4 Å². The largest absolute Gasteiger partial charge is 0.480 e. The van der Waals surface area contributed by atoms with Crippen molar-refractivity contribution >= 4 is 17.6 Å². The summed E-state index contributed by atoms with van der Waals surface area (Å²) in [7, 11) is 0. The van der Waals surface area contributed by atoms with Gasteiger partial charge in [-0.1, -0.05) is 6.07 Å². The Kier molecular flexibility index (Phi) is 3.54. The van der Waals surface area contributed by atoms with E-state index in [0.717, 1.165) is 0 Å². The minimum atomic E-state index is -1.24. The molecule has 0 aliphatic rings. The molecule has 0 radical (unpaired) electrons. The summed E-state index contributed by atoms with van der Waals surface area (Å²) < 4.78 is 0. The topological polar surface area (TPSA) is 107 Å². The Morgan fingerprint density at radius 2 is 2.00 bits per heavy atom. The molecule has 7 heteroatoms. The lowest BCUT2D eigenvalue weighted by molar-refractivity contribution is -0.135. The van der Waals surface area contributed by atoms with Crippen LogP contribution in [0.25, 0.3) is 0 Å². The summed E-state index contributed by atoms with van der Waals surface area (Å²) >= 11 is 0. The number of aliphatic carboxylic acids is 1. The maximum atomic E-state index is 10.6. The van der Waals surface area contributed by atoms with E-state index < -0.39 is 18.5 Å². The Balaban J connectivity index is 3.01. The number of carboxylic acid groups (broad SMARTS) is 2. The van der Waals surface area contributed by atoms with Crippen molar-refractivity contribution in [3.8, 4) is 0 Å². The van der Waals surface area contributed by atoms with E-state index in [2.05, 4.69) is 5.29 Å². The number of hydrogen-bond donors (Lipinski definition) is 2. The number of anilines is 1. The molecular formula is C9H8N2O5. The fourth-order valence-corrected chi connectivity index (χ4v) is 1.09. The number of carbonyl (C=O) groups is 2. The second-order valence-corrected chi connectivity index (χ2v) is 2.89. The van der Waals surface area contributed by atoms with E-state index in [-0.39, 0.29) is 11.3 Å². The summed E-state index contributed by atoms with van der Waals surface area (Å²) in [5, 5.41) is 20.4. The van der Waals surface area contributed by atoms with Crippen molar-refractivity contribution in [2.45, 2.75) is 0 Å². The van der Waals surface area contributed by atoms with Crippen LogP contribution in [0.3, 0.4) is 0 Å². The molecule has 0 spiro atoms. The van der Waals surface area contributed by atoms with Crippen LogP contribution in [-0.4, -0.2) is 28.7 Å². The second-order valence-electron chi connectivity index (χ2n) is 2.89. The standard InChI is InChI=1S/C9H8N2O5/c12-8(13)5-11(10-16)7-3-1-2-6(4-7)9(14)15/h1-4H,5H2,(H,12,13)(H,14,15). The lowest BCUT2D eigenvalue weighted by Crippen LogP contribution is -2.23. The first kappa shape index (κ1) is 11.6. The van der Waals surface area contributed by atoms with E-state index in [9.17, 15) is 14.5 Å². The van der Waals surface area contributed by atoms with Gasteiger partial charge < -0.3 is 10.2 Å². The van der Waals surface area contributed by atoms with Gasteiger partial charge in [0.2, 0.25) is 0 Å². The second kappa shape index (κ2) is 4.87. The van der Waals surface area contributed by atoms with Crippen LogP contribution in [0.2, 0.25) is 0 Å². The van der Waals surface area contributed by atoms with Crippen LogP contribution in [-0.2, 0) is 4.79 Å². The molecule has 0 heterocycles. The zero-order chi connectivity index (χ0) is 12.1. The molecule has 0 unspecified atom stereocenters. The van der Waals surface area contributed by atoms with Gasteiger partial charge in [0.05, 0.1) is 16.5 Å². The van der Waals surface area contributed by atoms with Gasteiger partial charge in [0.1, 0.15) is 6.54 Å². The van der Waals surface area contributed by atoms with E-state index in [1.807, 2.05) is 0 Å². The maximum Gasteiger partial charge on any atom is 0.335 e. The lowest BCUT2D eigenvalue weighted by atomic mass is 10.2. The highest BCUT2D eigenvalue weighted by Gasteiger charge is 2.12. The van der Waals surface area contributed by atoms with Crippen molar-refractivity contribution in [2.75, 3.05) is 11.6 Å². The maximum absolute atomic E-state index is 10.6. The average molecular weight is 224 g/mol. The molecule has 0 saturated carbocycles. The summed E-state index contributed by atoms with van der Waals surface area (Å²) in [6.45, 7) is -0.618. The molecule has 1 rings (SSSR count). The molecule has 16 heavy (non-hydrogen) atoms. The highest BCUT2D eigenvalue weighted by atomic mass is 16.4. The molecule has 0 aromatic heterocycles. The van der Waals surface area contributed by atoms with Gasteiger partial charge in [0.15, 0.2) is 0 Å². The Hall–Kier alpha value is -2.44. The van der Waals surface area contributed by atoms with Crippen molar-refractivity contribution < 1.29 is 19.8 Å². The Morgan fingerprint density at radius 1 is 1.31 bits per heavy atom. The quantitative estimate of drug-likeness (QED) is 0.569. The zero-order valence-electron chi connectivity index (χ0n) is 8.03. The molecule has 1 aromatic rings. The van der Waals surface area contributed by atoms with Gasteiger partial charge in [-0.2, -0.15) is 0 Å². The van der Waals surface area contributed by atoms with Gasteiger partial charge in [-0.15, -0.1) is 4.91 Å². The molecule has 1 aromatic carbocycles. The van der Waals surface area contributed by atoms with Gasteiger partial charge in [-0.3, -0.25) is 4.79 Å². The molecule has 0 aliphatic heterocycles. The highest BCUT2D eigenvalue weighted by Crippen LogP contribution is 2.16. The molecular weight excluding hydrogens is 216 g/mol. The van der Waals surface area contributed by atoms with Gasteiger partial charge in [0, 0.05) is 0 Å². The summed E-state index contributed by atoms with van der Waals surface area (Å²) in [4.78, 5) is 31.4. The lowest BCUT2D eigenvalue weighted by Gasteiger charge is -2.12. The smallest absolute Gasteiger partial charge is 0.335 e. The fraction of sp³-hybridized carbons (Fsp3) is 0.111. The Morgan fingerprint density at radius 3 is 2.50 bits per heavy atom. The van der Waals surface area contributed by atoms with Crippen LogP contribution in [0.15, 0.2) is 29.6 Å². The van der Waals surface area contributed by atoms with Gasteiger partial charge in [-0.05, 0) is 18.2 Å². The Labute approximate surface area is 89.9 Å². The molecule has 84 valence electrons. The van der Waals surface area contributed by atoms with Crippen LogP contribution in [0.4, 0.5) is 5.69 Å². The summed E-state index contributed by atoms with van der Waals surface area (Å²) in [6.07, 6.45) is 0. The minimum absolute atomic E-state index is 0.0449. The molecule has 0 fully saturated rings. The van der Waals surface area contributed by atoms with Crippen LogP contribution in [0, 0.1) is 4.91 Å². The van der Waals surface area contributed by atoms with E-state index >= 15 is 0 Å². The first-order chi connectivity index (χ1) is 7.54. The van der Waals surface area contributed by atoms with Gasteiger partial charge >= 0.3 is 11.9 Å². The van der Waals surface area contributed by atoms with E-state index in [0.29, 0.717) is 5.01 Å². The molecule has 0 amide bonds. The number of rotatable bonds is 5. The zero-order valence-corrected chi connectivity index (χ0v) is 8.03. The summed E-state index contributed by atoms with van der Waals surface area (Å²) in [6, 6.07) is 5.30. The summed E-state index contributed by atoms with van der Waals surface area (Å²) in [5.74, 6) is -2.40. The number of aromatic carboxylic acids is 1. The van der Waals surface area contributed by atoms with Crippen molar-refractivity contribution in [3.63, 3.8) is 0 Å². The third kappa shape index (κ3) is 2.77. The number of nitrogens with zero attached hydrogens (tertiary/aromatic N) is 2. The monoisotopic (exact) mass is 224 g/mol. The molecule has 0 bridgehead atoms. The van der Waals surface area contributed by atoms with Crippen LogP contribution < -0.4 is 5.01 Å². The molecule has 7 nitrogen and oxygen atoms in total. The SMILES string of the molecule is O=NN(CC(=O)O)c1cccc(C(=O)O)c1. The summed E-state index contributed by atoms with van der Waals surface area (Å²) in [5.41, 5.74) is 0.0776. The number of hydrogen-bond acceptors (Lipinski definition) is 4. The first-order valence-corrected chi connectivity index (χ1v) is 4.20. The third-order valence-electron chi connectivity index (χ3n) is 1.77. The number of benzene rings is 1. The first-order valence-electron chi connectivity index (χ1n) is 4.20. The van der Waals surface area contributed by atoms with E-state index in [1.54, 1.807) is 0 Å². The average Bonchev–Trinajstić information content (AvgIpc) is 2.25. The highest BCUT2D eigenvalue weighted by molar-refractivity contribution is 5.89. The van der Waals surface area contributed by atoms with Gasteiger partial charge in [0.25, 0.3) is 0 Å². The molecule has 0 saturated heterocycles. The Bertz CT molecular complexity index is 432. The van der Waals surface area contributed by atoms with Crippen LogP contribution >= 0.6 is 0 Å². The fourth-order valence-electron chi connectivity index (χ4n) is 1.09. The van der Waals surface area contributed by atoms with Crippen LogP contribution in [0.5, 0.6) is 0 Å². The molecule has 0 aliphatic carbocycles. The number of carboxylic acids is 2. The van der Waals surface area contributed by atoms with Gasteiger partial charge in [-0.25, -0.2) is 9.80 Å². The normalized spacial score (nSPS) is 9.50. The molecule has 2 N–H and O–H groups in total. The van der Waals surface area contributed by atoms with Crippen molar-refractivity contribution in [1.29, 1.82) is 0 Å². The predicted octanol–water partition coefficient (Wildman–Crippen LogP) is 0.957. The third-order valence-corrected chi connectivity index (χ3v) is 1.77. The van der Waals surface area contributed by atoms with Crippen molar-refractivity contribution in [3.05, 3.63) is 34.7 Å². The van der Waals surface area contributed by atoms with Crippen molar-refractivity contribution in [2.24, 2.45) is 5.29 Å².